The summed E-state index contributed by atoms with van der Waals surface area (Å²) in [5.41, 5.74) is -0.623. The highest BCUT2D eigenvalue weighted by molar-refractivity contribution is 5.43. The lowest BCUT2D eigenvalue weighted by atomic mass is 10.1. The molecule has 1 aliphatic rings. The molecule has 0 amide bonds. The van der Waals surface area contributed by atoms with Crippen molar-refractivity contribution in [3.63, 3.8) is 0 Å². The minimum Gasteiger partial charge on any atom is -0.472 e. The van der Waals surface area contributed by atoms with E-state index in [0.717, 1.165) is 12.5 Å². The highest BCUT2D eigenvalue weighted by Crippen LogP contribution is 2.24. The highest BCUT2D eigenvalue weighted by Gasteiger charge is 2.22. The van der Waals surface area contributed by atoms with Crippen LogP contribution >= 0.6 is 0 Å². The van der Waals surface area contributed by atoms with Gasteiger partial charge in [0.15, 0.2) is 11.6 Å². The van der Waals surface area contributed by atoms with Gasteiger partial charge in [0, 0.05) is 37.3 Å². The molecule has 0 radical (unpaired) electrons. The van der Waals surface area contributed by atoms with Gasteiger partial charge in [-0.15, -0.1) is 0 Å². The van der Waals surface area contributed by atoms with E-state index in [1.165, 1.54) is 4.57 Å². The maximum absolute atomic E-state index is 13.6. The van der Waals surface area contributed by atoms with Gasteiger partial charge in [-0.3, -0.25) is 4.57 Å². The van der Waals surface area contributed by atoms with Crippen LogP contribution in [0.15, 0.2) is 23.0 Å². The van der Waals surface area contributed by atoms with Gasteiger partial charge in [0.2, 0.25) is 5.88 Å². The Hall–Kier alpha value is -2.51. The number of ether oxygens (including phenoxy) is 1. The largest absolute Gasteiger partial charge is 0.472 e. The molecular formula is C16H16F3N3O2. The number of fused-ring (bicyclic) bond motifs is 1. The smallest absolute Gasteiger partial charge is 0.352 e. The SMILES string of the molecule is CC1CCn2c(cc(OCc3cc(F)c(F)cc3F)nc2=O)N1C. The molecule has 0 spiro atoms. The summed E-state index contributed by atoms with van der Waals surface area (Å²) in [6.07, 6.45) is 0.825. The number of anilines is 1. The van der Waals surface area contributed by atoms with E-state index in [1.54, 1.807) is 6.07 Å². The van der Waals surface area contributed by atoms with Gasteiger partial charge in [-0.05, 0) is 19.4 Å². The van der Waals surface area contributed by atoms with Crippen LogP contribution in [-0.2, 0) is 13.2 Å². The lowest BCUT2D eigenvalue weighted by Gasteiger charge is -2.34. The molecule has 0 saturated heterocycles. The Balaban J connectivity index is 1.86. The molecule has 3 rings (SSSR count). The molecule has 0 aliphatic carbocycles. The quantitative estimate of drug-likeness (QED) is 0.806. The van der Waals surface area contributed by atoms with E-state index < -0.39 is 23.1 Å². The first-order valence-electron chi connectivity index (χ1n) is 7.47. The van der Waals surface area contributed by atoms with Crippen molar-refractivity contribution in [2.24, 2.45) is 0 Å². The number of aromatic nitrogens is 2. The molecule has 0 fully saturated rings. The second-order valence-corrected chi connectivity index (χ2v) is 5.78. The molecule has 0 bridgehead atoms. The van der Waals surface area contributed by atoms with Crippen molar-refractivity contribution in [2.45, 2.75) is 32.5 Å². The summed E-state index contributed by atoms with van der Waals surface area (Å²) in [7, 11) is 1.86. The van der Waals surface area contributed by atoms with E-state index >= 15 is 0 Å². The topological polar surface area (TPSA) is 47.4 Å². The molecule has 1 aromatic carbocycles. The zero-order valence-corrected chi connectivity index (χ0v) is 13.2. The third kappa shape index (κ3) is 2.95. The van der Waals surface area contributed by atoms with Crippen LogP contribution in [0.2, 0.25) is 0 Å². The Bertz CT molecular complexity index is 838. The van der Waals surface area contributed by atoms with E-state index in [0.29, 0.717) is 18.4 Å². The third-order valence-electron chi connectivity index (χ3n) is 4.22. The Morgan fingerprint density at radius 2 is 1.92 bits per heavy atom. The predicted octanol–water partition coefficient (Wildman–Crippen LogP) is 2.47. The second kappa shape index (κ2) is 6.18. The molecule has 1 unspecified atom stereocenters. The Morgan fingerprint density at radius 1 is 1.21 bits per heavy atom. The van der Waals surface area contributed by atoms with Crippen LogP contribution in [-0.4, -0.2) is 22.6 Å². The van der Waals surface area contributed by atoms with Crippen molar-refractivity contribution < 1.29 is 17.9 Å². The van der Waals surface area contributed by atoms with Crippen molar-refractivity contribution in [2.75, 3.05) is 11.9 Å². The number of nitrogens with zero attached hydrogens (tertiary/aromatic N) is 3. The summed E-state index contributed by atoms with van der Waals surface area (Å²) in [6.45, 7) is 2.23. The summed E-state index contributed by atoms with van der Waals surface area (Å²) in [5, 5.41) is 0. The molecule has 1 atom stereocenters. The summed E-state index contributed by atoms with van der Waals surface area (Å²) in [5.74, 6) is -2.70. The van der Waals surface area contributed by atoms with Crippen molar-refractivity contribution in [1.82, 2.24) is 9.55 Å². The van der Waals surface area contributed by atoms with Crippen molar-refractivity contribution in [1.29, 1.82) is 0 Å². The molecule has 2 heterocycles. The number of halogens is 3. The van der Waals surface area contributed by atoms with Crippen LogP contribution in [0.25, 0.3) is 0 Å². The summed E-state index contributed by atoms with van der Waals surface area (Å²) in [4.78, 5) is 17.8. The van der Waals surface area contributed by atoms with Crippen LogP contribution in [0.5, 0.6) is 5.88 Å². The number of benzene rings is 1. The minimum absolute atomic E-state index is 0.0105. The van der Waals surface area contributed by atoms with Crippen molar-refractivity contribution in [3.8, 4) is 5.88 Å². The fraction of sp³-hybridized carbons (Fsp3) is 0.375. The van der Waals surface area contributed by atoms with Gasteiger partial charge >= 0.3 is 5.69 Å². The normalized spacial score (nSPS) is 16.9. The first-order valence-corrected chi connectivity index (χ1v) is 7.47. The Kier molecular flexibility index (Phi) is 4.21. The van der Waals surface area contributed by atoms with Gasteiger partial charge in [-0.1, -0.05) is 0 Å². The zero-order chi connectivity index (χ0) is 17.4. The standard InChI is InChI=1S/C16H16F3N3O2/c1-9-3-4-22-15(21(9)2)7-14(20-16(22)23)24-8-10-5-12(18)13(19)6-11(10)17/h5-7,9H,3-4,8H2,1-2H3. The summed E-state index contributed by atoms with van der Waals surface area (Å²) < 4.78 is 46.6. The van der Waals surface area contributed by atoms with Gasteiger partial charge < -0.3 is 9.64 Å². The number of rotatable bonds is 3. The fourth-order valence-electron chi connectivity index (χ4n) is 2.61. The van der Waals surface area contributed by atoms with Crippen LogP contribution < -0.4 is 15.3 Å². The van der Waals surface area contributed by atoms with Crippen molar-refractivity contribution in [3.05, 3.63) is 51.7 Å². The first kappa shape index (κ1) is 16.4. The average molecular weight is 339 g/mol. The first-order chi connectivity index (χ1) is 11.4. The van der Waals surface area contributed by atoms with Crippen LogP contribution in [0.3, 0.4) is 0 Å². The summed E-state index contributed by atoms with van der Waals surface area (Å²) in [6, 6.07) is 3.01. The molecule has 5 nitrogen and oxygen atoms in total. The number of hydrogen-bond donors (Lipinski definition) is 0. The van der Waals surface area contributed by atoms with Gasteiger partial charge in [0.05, 0.1) is 0 Å². The highest BCUT2D eigenvalue weighted by atomic mass is 19.2. The van der Waals surface area contributed by atoms with E-state index in [4.69, 9.17) is 4.74 Å². The molecule has 128 valence electrons. The van der Waals surface area contributed by atoms with Gasteiger partial charge in [-0.2, -0.15) is 4.98 Å². The fourth-order valence-corrected chi connectivity index (χ4v) is 2.61. The van der Waals surface area contributed by atoms with E-state index in [1.807, 2.05) is 18.9 Å². The van der Waals surface area contributed by atoms with E-state index in [9.17, 15) is 18.0 Å². The van der Waals surface area contributed by atoms with Crippen LogP contribution in [0, 0.1) is 17.5 Å². The molecule has 0 saturated carbocycles. The monoisotopic (exact) mass is 339 g/mol. The maximum Gasteiger partial charge on any atom is 0.352 e. The summed E-state index contributed by atoms with van der Waals surface area (Å²) >= 11 is 0. The lowest BCUT2D eigenvalue weighted by molar-refractivity contribution is 0.282. The van der Waals surface area contributed by atoms with Crippen molar-refractivity contribution >= 4 is 5.82 Å². The zero-order valence-electron chi connectivity index (χ0n) is 13.2. The second-order valence-electron chi connectivity index (χ2n) is 5.78. The average Bonchev–Trinajstić information content (AvgIpc) is 2.53. The molecule has 0 N–H and O–H groups in total. The van der Waals surface area contributed by atoms with Gasteiger partial charge in [-0.25, -0.2) is 18.0 Å². The molecule has 1 aromatic heterocycles. The van der Waals surface area contributed by atoms with Gasteiger partial charge in [0.1, 0.15) is 18.2 Å². The lowest BCUT2D eigenvalue weighted by Crippen LogP contribution is -2.41. The number of hydrogen-bond acceptors (Lipinski definition) is 4. The Labute approximate surface area is 136 Å². The predicted molar refractivity (Wildman–Crippen MR) is 81.6 cm³/mol. The van der Waals surface area contributed by atoms with E-state index in [-0.39, 0.29) is 24.1 Å². The van der Waals surface area contributed by atoms with E-state index in [2.05, 4.69) is 4.98 Å². The van der Waals surface area contributed by atoms with Gasteiger partial charge in [0.25, 0.3) is 0 Å². The molecule has 8 heteroatoms. The molecular weight excluding hydrogens is 323 g/mol. The molecule has 1 aliphatic heterocycles. The maximum atomic E-state index is 13.6. The van der Waals surface area contributed by atoms with Crippen LogP contribution in [0.4, 0.5) is 19.0 Å². The minimum atomic E-state index is -1.27. The van der Waals surface area contributed by atoms with Crippen LogP contribution in [0.1, 0.15) is 18.9 Å². The Morgan fingerprint density at radius 3 is 2.67 bits per heavy atom. The third-order valence-corrected chi connectivity index (χ3v) is 4.22. The molecule has 24 heavy (non-hydrogen) atoms. The molecule has 2 aromatic rings.